The van der Waals surface area contributed by atoms with Crippen molar-refractivity contribution in [2.75, 3.05) is 0 Å². The monoisotopic (exact) mass is 254 g/mol. The van der Waals surface area contributed by atoms with Crippen molar-refractivity contribution in [1.82, 2.24) is 10.3 Å². The van der Waals surface area contributed by atoms with Crippen molar-refractivity contribution < 1.29 is 9.59 Å². The second-order valence-electron chi connectivity index (χ2n) is 4.18. The number of carbonyl (C=O) groups is 2. The predicted molar refractivity (Wildman–Crippen MR) is 71.6 cm³/mol. The lowest BCUT2D eigenvalue weighted by atomic mass is 10.0. The minimum Gasteiger partial charge on any atom is -0.352 e. The van der Waals surface area contributed by atoms with E-state index in [1.165, 1.54) is 6.92 Å². The topological polar surface area (TPSA) is 59.1 Å². The van der Waals surface area contributed by atoms with Gasteiger partial charge in [-0.25, -0.2) is 0 Å². The van der Waals surface area contributed by atoms with Crippen molar-refractivity contribution in [3.63, 3.8) is 0 Å². The number of benzene rings is 1. The third kappa shape index (κ3) is 3.48. The first-order chi connectivity index (χ1) is 9.16. The molecule has 1 heterocycles. The Bertz CT molecular complexity index is 577. The van der Waals surface area contributed by atoms with Crippen LogP contribution >= 0.6 is 0 Å². The van der Waals surface area contributed by atoms with Crippen molar-refractivity contribution >= 4 is 11.7 Å². The molecule has 19 heavy (non-hydrogen) atoms. The Morgan fingerprint density at radius 2 is 1.84 bits per heavy atom. The highest BCUT2D eigenvalue weighted by Gasteiger charge is 2.08. The number of aromatic nitrogens is 1. The molecule has 0 saturated carbocycles. The number of nitrogens with zero attached hydrogens (tertiary/aromatic N) is 1. The second kappa shape index (κ2) is 5.91. The van der Waals surface area contributed by atoms with Gasteiger partial charge < -0.3 is 5.32 Å². The number of pyridine rings is 1. The number of nitrogens with one attached hydrogen (secondary N) is 1. The molecule has 96 valence electrons. The number of hydrogen-bond donors (Lipinski definition) is 1. The van der Waals surface area contributed by atoms with Gasteiger partial charge in [0, 0.05) is 37.0 Å². The first-order valence-corrected chi connectivity index (χ1v) is 5.95. The van der Waals surface area contributed by atoms with Gasteiger partial charge in [-0.1, -0.05) is 24.3 Å². The molecule has 0 fully saturated rings. The summed E-state index contributed by atoms with van der Waals surface area (Å²) in [6, 6.07) is 10.6. The Morgan fingerprint density at radius 1 is 1.11 bits per heavy atom. The van der Waals surface area contributed by atoms with Crippen LogP contribution in [0.3, 0.4) is 0 Å². The van der Waals surface area contributed by atoms with Crippen LogP contribution in [0.2, 0.25) is 0 Å². The first kappa shape index (κ1) is 13.0. The molecule has 0 radical (unpaired) electrons. The normalized spacial score (nSPS) is 9.95. The lowest BCUT2D eigenvalue weighted by Crippen LogP contribution is -2.18. The molecule has 1 amide bonds. The van der Waals surface area contributed by atoms with Gasteiger partial charge in [0.25, 0.3) is 0 Å². The zero-order valence-electron chi connectivity index (χ0n) is 10.6. The largest absolute Gasteiger partial charge is 0.352 e. The molecular weight excluding hydrogens is 240 g/mol. The summed E-state index contributed by atoms with van der Waals surface area (Å²) >= 11 is 0. The molecule has 1 N–H and O–H groups in total. The van der Waals surface area contributed by atoms with Crippen molar-refractivity contribution in [3.05, 3.63) is 65.5 Å². The van der Waals surface area contributed by atoms with Crippen LogP contribution in [0.4, 0.5) is 0 Å². The Morgan fingerprint density at radius 3 is 2.42 bits per heavy atom. The molecule has 1 aromatic carbocycles. The summed E-state index contributed by atoms with van der Waals surface area (Å²) in [5, 5.41) is 2.71. The first-order valence-electron chi connectivity index (χ1n) is 5.95. The molecule has 4 nitrogen and oxygen atoms in total. The van der Waals surface area contributed by atoms with Gasteiger partial charge in [0.1, 0.15) is 0 Å². The van der Waals surface area contributed by atoms with E-state index in [1.807, 2.05) is 12.1 Å². The Labute approximate surface area is 111 Å². The van der Waals surface area contributed by atoms with E-state index in [4.69, 9.17) is 0 Å². The van der Waals surface area contributed by atoms with Gasteiger partial charge in [-0.05, 0) is 17.7 Å². The van der Waals surface area contributed by atoms with E-state index in [0.29, 0.717) is 17.7 Å². The zero-order valence-corrected chi connectivity index (χ0v) is 10.6. The van der Waals surface area contributed by atoms with Crippen molar-refractivity contribution in [3.8, 4) is 0 Å². The molecule has 2 aromatic rings. The van der Waals surface area contributed by atoms with E-state index < -0.39 is 0 Å². The molecule has 0 unspecified atom stereocenters. The van der Waals surface area contributed by atoms with E-state index in [2.05, 4.69) is 10.3 Å². The summed E-state index contributed by atoms with van der Waals surface area (Å²) in [6.45, 7) is 1.94. The summed E-state index contributed by atoms with van der Waals surface area (Å²) < 4.78 is 0. The number of carbonyl (C=O) groups excluding carboxylic acids is 2. The lowest BCUT2D eigenvalue weighted by Gasteiger charge is -2.04. The predicted octanol–water partition coefficient (Wildman–Crippen LogP) is 1.95. The van der Waals surface area contributed by atoms with Crippen LogP contribution in [0.15, 0.2) is 48.8 Å². The van der Waals surface area contributed by atoms with E-state index >= 15 is 0 Å². The van der Waals surface area contributed by atoms with Gasteiger partial charge >= 0.3 is 0 Å². The van der Waals surface area contributed by atoms with Gasteiger partial charge in [-0.2, -0.15) is 0 Å². The van der Waals surface area contributed by atoms with E-state index in [0.717, 1.165) is 5.56 Å². The molecule has 0 spiro atoms. The van der Waals surface area contributed by atoms with Crippen LogP contribution < -0.4 is 5.32 Å². The number of ketones is 1. The maximum atomic E-state index is 12.1. The molecule has 0 bridgehead atoms. The maximum Gasteiger partial charge on any atom is 0.217 e. The Balaban J connectivity index is 2.10. The van der Waals surface area contributed by atoms with E-state index in [9.17, 15) is 9.59 Å². The Kier molecular flexibility index (Phi) is 4.03. The highest BCUT2D eigenvalue weighted by atomic mass is 16.1. The van der Waals surface area contributed by atoms with Gasteiger partial charge in [0.2, 0.25) is 5.91 Å². The van der Waals surface area contributed by atoms with Crippen molar-refractivity contribution in [2.24, 2.45) is 0 Å². The Hall–Kier alpha value is -2.49. The third-order valence-corrected chi connectivity index (χ3v) is 2.68. The van der Waals surface area contributed by atoms with Gasteiger partial charge in [0.05, 0.1) is 0 Å². The van der Waals surface area contributed by atoms with Gasteiger partial charge in [-0.3, -0.25) is 14.6 Å². The molecule has 0 atom stereocenters. The van der Waals surface area contributed by atoms with Crippen LogP contribution in [-0.4, -0.2) is 16.7 Å². The van der Waals surface area contributed by atoms with Crippen LogP contribution in [0.5, 0.6) is 0 Å². The third-order valence-electron chi connectivity index (χ3n) is 2.68. The average Bonchev–Trinajstić information content (AvgIpc) is 2.46. The number of hydrogen-bond acceptors (Lipinski definition) is 3. The molecule has 0 aliphatic heterocycles. The SMILES string of the molecule is CC(=O)NCc1ccc(C(=O)c2cccnc2)cc1. The fraction of sp³-hybridized carbons (Fsp3) is 0.133. The molecule has 0 saturated heterocycles. The summed E-state index contributed by atoms with van der Waals surface area (Å²) in [7, 11) is 0. The molecule has 2 rings (SSSR count). The van der Waals surface area contributed by atoms with Gasteiger partial charge in [-0.15, -0.1) is 0 Å². The quantitative estimate of drug-likeness (QED) is 0.848. The highest BCUT2D eigenvalue weighted by molar-refractivity contribution is 6.08. The minimum atomic E-state index is -0.0736. The average molecular weight is 254 g/mol. The fourth-order valence-electron chi connectivity index (χ4n) is 1.66. The number of amides is 1. The van der Waals surface area contributed by atoms with Gasteiger partial charge in [0.15, 0.2) is 5.78 Å². The molecule has 0 aliphatic rings. The maximum absolute atomic E-state index is 12.1. The zero-order chi connectivity index (χ0) is 13.7. The van der Waals surface area contributed by atoms with Crippen LogP contribution in [0.25, 0.3) is 0 Å². The van der Waals surface area contributed by atoms with Crippen LogP contribution in [0, 0.1) is 0 Å². The minimum absolute atomic E-state index is 0.0563. The molecule has 0 aliphatic carbocycles. The molecule has 1 aromatic heterocycles. The van der Waals surface area contributed by atoms with Crippen LogP contribution in [0.1, 0.15) is 28.4 Å². The van der Waals surface area contributed by atoms with Crippen LogP contribution in [-0.2, 0) is 11.3 Å². The molecular formula is C15H14N2O2. The van der Waals surface area contributed by atoms with E-state index in [1.54, 1.807) is 36.7 Å². The summed E-state index contributed by atoms with van der Waals surface area (Å²) in [5.74, 6) is -0.130. The second-order valence-corrected chi connectivity index (χ2v) is 4.18. The number of rotatable bonds is 4. The van der Waals surface area contributed by atoms with Crippen molar-refractivity contribution in [1.29, 1.82) is 0 Å². The summed E-state index contributed by atoms with van der Waals surface area (Å²) in [5.41, 5.74) is 2.13. The molecule has 4 heteroatoms. The lowest BCUT2D eigenvalue weighted by molar-refractivity contribution is -0.119. The standard InChI is InChI=1S/C15H14N2O2/c1-11(18)17-9-12-4-6-13(7-5-12)15(19)14-3-2-8-16-10-14/h2-8,10H,9H2,1H3,(H,17,18). The highest BCUT2D eigenvalue weighted by Crippen LogP contribution is 2.10. The smallest absolute Gasteiger partial charge is 0.217 e. The summed E-state index contributed by atoms with van der Waals surface area (Å²) in [6.07, 6.45) is 3.18. The van der Waals surface area contributed by atoms with Crippen molar-refractivity contribution in [2.45, 2.75) is 13.5 Å². The summed E-state index contributed by atoms with van der Waals surface area (Å²) in [4.78, 5) is 26.8. The van der Waals surface area contributed by atoms with E-state index in [-0.39, 0.29) is 11.7 Å². The fourth-order valence-corrected chi connectivity index (χ4v) is 1.66.